The highest BCUT2D eigenvalue weighted by molar-refractivity contribution is 5.75. The zero-order valence-corrected chi connectivity index (χ0v) is 11.9. The number of rotatable bonds is 5. The molecule has 0 amide bonds. The zero-order chi connectivity index (χ0) is 15.9. The molecule has 6 heteroatoms. The Balaban J connectivity index is 2.36. The highest BCUT2D eigenvalue weighted by Crippen LogP contribution is 2.24. The molecule has 22 heavy (non-hydrogen) atoms. The number of hydrogen-bond acceptors (Lipinski definition) is 4. The van der Waals surface area contributed by atoms with Crippen molar-refractivity contribution >= 4 is 17.1 Å². The summed E-state index contributed by atoms with van der Waals surface area (Å²) < 4.78 is 26.9. The molecule has 0 unspecified atom stereocenters. The van der Waals surface area contributed by atoms with Gasteiger partial charge in [-0.2, -0.15) is 0 Å². The lowest BCUT2D eigenvalue weighted by Gasteiger charge is -2.08. The topological polar surface area (TPSA) is 50.7 Å². The first kappa shape index (κ1) is 15.5. The van der Waals surface area contributed by atoms with E-state index in [0.717, 1.165) is 11.8 Å². The fourth-order valence-corrected chi connectivity index (χ4v) is 1.69. The normalized spacial score (nSPS) is 12.1. The van der Waals surface area contributed by atoms with E-state index in [4.69, 9.17) is 0 Å². The SMILES string of the molecule is C=C(F)/C=C(\C(F)=C/C)c1nccc(Nc2ccncc2)n1. The van der Waals surface area contributed by atoms with Gasteiger partial charge in [0.25, 0.3) is 0 Å². The Bertz CT molecular complexity index is 724. The van der Waals surface area contributed by atoms with E-state index in [1.165, 1.54) is 19.2 Å². The molecular formula is C16H14F2N4. The van der Waals surface area contributed by atoms with Gasteiger partial charge in [0.2, 0.25) is 0 Å². The van der Waals surface area contributed by atoms with Crippen LogP contribution >= 0.6 is 0 Å². The van der Waals surface area contributed by atoms with Crippen molar-refractivity contribution in [2.45, 2.75) is 6.92 Å². The molecule has 0 radical (unpaired) electrons. The van der Waals surface area contributed by atoms with Gasteiger partial charge in [-0.3, -0.25) is 4.98 Å². The first-order valence-electron chi connectivity index (χ1n) is 6.49. The highest BCUT2D eigenvalue weighted by Gasteiger charge is 2.12. The van der Waals surface area contributed by atoms with E-state index in [1.807, 2.05) is 0 Å². The van der Waals surface area contributed by atoms with Crippen LogP contribution in [0.4, 0.5) is 20.3 Å². The maximum absolute atomic E-state index is 13.9. The van der Waals surface area contributed by atoms with E-state index < -0.39 is 11.7 Å². The van der Waals surface area contributed by atoms with E-state index in [9.17, 15) is 8.78 Å². The van der Waals surface area contributed by atoms with Crippen molar-refractivity contribution in [1.82, 2.24) is 15.0 Å². The molecular weight excluding hydrogens is 286 g/mol. The van der Waals surface area contributed by atoms with Crippen LogP contribution in [0.5, 0.6) is 0 Å². The van der Waals surface area contributed by atoms with Gasteiger partial charge in [0.15, 0.2) is 5.82 Å². The van der Waals surface area contributed by atoms with Crippen LogP contribution < -0.4 is 5.32 Å². The molecule has 0 aliphatic heterocycles. The second-order valence-corrected chi connectivity index (χ2v) is 4.27. The van der Waals surface area contributed by atoms with E-state index in [-0.39, 0.29) is 11.4 Å². The molecule has 0 saturated carbocycles. The fourth-order valence-electron chi connectivity index (χ4n) is 1.69. The molecule has 2 rings (SSSR count). The number of allylic oxidation sites excluding steroid dienone is 5. The number of pyridine rings is 1. The summed E-state index contributed by atoms with van der Waals surface area (Å²) in [7, 11) is 0. The first-order valence-corrected chi connectivity index (χ1v) is 6.49. The second-order valence-electron chi connectivity index (χ2n) is 4.27. The third-order valence-corrected chi connectivity index (χ3v) is 2.66. The summed E-state index contributed by atoms with van der Waals surface area (Å²) in [6, 6.07) is 5.14. The lowest BCUT2D eigenvalue weighted by molar-refractivity contribution is 0.657. The minimum absolute atomic E-state index is 0.0617. The van der Waals surface area contributed by atoms with Crippen LogP contribution in [0.15, 0.2) is 67.2 Å². The van der Waals surface area contributed by atoms with Gasteiger partial charge in [0.1, 0.15) is 17.5 Å². The third-order valence-electron chi connectivity index (χ3n) is 2.66. The van der Waals surface area contributed by atoms with Crippen molar-refractivity contribution in [3.8, 4) is 0 Å². The molecule has 0 aliphatic carbocycles. The van der Waals surface area contributed by atoms with Crippen LogP contribution in [0.2, 0.25) is 0 Å². The van der Waals surface area contributed by atoms with Gasteiger partial charge in [-0.25, -0.2) is 18.7 Å². The Hall–Kier alpha value is -2.89. The molecule has 0 aromatic carbocycles. The zero-order valence-electron chi connectivity index (χ0n) is 11.9. The van der Waals surface area contributed by atoms with E-state index in [1.54, 1.807) is 30.6 Å². The third kappa shape index (κ3) is 4.05. The van der Waals surface area contributed by atoms with Gasteiger partial charge >= 0.3 is 0 Å². The summed E-state index contributed by atoms with van der Waals surface area (Å²) >= 11 is 0. The standard InChI is InChI=1S/C16H14F2N4/c1-3-14(18)13(10-11(2)17)16-20-9-6-15(22-16)21-12-4-7-19-8-5-12/h3-10H,2H2,1H3,(H,19,20,21,22)/b13-10+,14-3+. The summed E-state index contributed by atoms with van der Waals surface area (Å²) in [5.41, 5.74) is 0.708. The highest BCUT2D eigenvalue weighted by atomic mass is 19.1. The van der Waals surface area contributed by atoms with Crippen LogP contribution in [0, 0.1) is 0 Å². The second kappa shape index (κ2) is 7.21. The first-order chi connectivity index (χ1) is 10.6. The number of aromatic nitrogens is 3. The summed E-state index contributed by atoms with van der Waals surface area (Å²) in [6.07, 6.45) is 6.89. The summed E-state index contributed by atoms with van der Waals surface area (Å²) in [6.45, 7) is 4.62. The Morgan fingerprint density at radius 1 is 1.18 bits per heavy atom. The van der Waals surface area contributed by atoms with E-state index >= 15 is 0 Å². The van der Waals surface area contributed by atoms with Gasteiger partial charge in [-0.1, -0.05) is 12.7 Å². The Kier molecular flexibility index (Phi) is 5.08. The molecule has 2 heterocycles. The molecule has 2 aromatic rings. The Labute approximate surface area is 127 Å². The summed E-state index contributed by atoms with van der Waals surface area (Å²) in [5.74, 6) is -0.883. The van der Waals surface area contributed by atoms with Crippen molar-refractivity contribution in [3.63, 3.8) is 0 Å². The molecule has 2 aromatic heterocycles. The molecule has 0 spiro atoms. The smallest absolute Gasteiger partial charge is 0.164 e. The molecule has 0 bridgehead atoms. The monoisotopic (exact) mass is 300 g/mol. The van der Waals surface area contributed by atoms with Crippen LogP contribution in [-0.4, -0.2) is 15.0 Å². The molecule has 4 nitrogen and oxygen atoms in total. The summed E-state index contributed by atoms with van der Waals surface area (Å²) in [5, 5.41) is 3.03. The number of nitrogens with zero attached hydrogens (tertiary/aromatic N) is 3. The van der Waals surface area contributed by atoms with Crippen molar-refractivity contribution < 1.29 is 8.78 Å². The average Bonchev–Trinajstić information content (AvgIpc) is 2.53. The molecule has 1 N–H and O–H groups in total. The molecule has 0 fully saturated rings. The minimum Gasteiger partial charge on any atom is -0.340 e. The molecule has 0 aliphatic rings. The lowest BCUT2D eigenvalue weighted by Crippen LogP contribution is -2.00. The molecule has 112 valence electrons. The van der Waals surface area contributed by atoms with Gasteiger partial charge in [-0.15, -0.1) is 0 Å². The maximum atomic E-state index is 13.9. The average molecular weight is 300 g/mol. The number of anilines is 2. The van der Waals surface area contributed by atoms with E-state index in [2.05, 4.69) is 26.8 Å². The van der Waals surface area contributed by atoms with Crippen LogP contribution in [0.25, 0.3) is 5.57 Å². The molecule has 0 saturated heterocycles. The number of nitrogens with one attached hydrogen (secondary N) is 1. The predicted octanol–water partition coefficient (Wildman–Crippen LogP) is 4.36. The molecule has 0 atom stereocenters. The van der Waals surface area contributed by atoms with Crippen LogP contribution in [-0.2, 0) is 0 Å². The van der Waals surface area contributed by atoms with Gasteiger partial charge in [-0.05, 0) is 31.2 Å². The largest absolute Gasteiger partial charge is 0.340 e. The minimum atomic E-state index is -0.775. The maximum Gasteiger partial charge on any atom is 0.164 e. The Morgan fingerprint density at radius 2 is 1.91 bits per heavy atom. The van der Waals surface area contributed by atoms with Crippen molar-refractivity contribution in [3.05, 3.63) is 73.0 Å². The van der Waals surface area contributed by atoms with Crippen LogP contribution in [0.3, 0.4) is 0 Å². The number of halogens is 2. The Morgan fingerprint density at radius 3 is 2.55 bits per heavy atom. The van der Waals surface area contributed by atoms with Gasteiger partial charge in [0.05, 0.1) is 5.57 Å². The predicted molar refractivity (Wildman–Crippen MR) is 82.6 cm³/mol. The lowest BCUT2D eigenvalue weighted by atomic mass is 10.2. The van der Waals surface area contributed by atoms with Crippen molar-refractivity contribution in [2.75, 3.05) is 5.32 Å². The van der Waals surface area contributed by atoms with Crippen LogP contribution in [0.1, 0.15) is 12.7 Å². The van der Waals surface area contributed by atoms with Crippen molar-refractivity contribution in [2.24, 2.45) is 0 Å². The summed E-state index contributed by atoms with van der Waals surface area (Å²) in [4.78, 5) is 12.1. The van der Waals surface area contributed by atoms with Gasteiger partial charge < -0.3 is 5.32 Å². The van der Waals surface area contributed by atoms with Crippen molar-refractivity contribution in [1.29, 1.82) is 0 Å². The van der Waals surface area contributed by atoms with E-state index in [0.29, 0.717) is 5.82 Å². The van der Waals surface area contributed by atoms with Gasteiger partial charge in [0, 0.05) is 24.3 Å². The fraction of sp³-hybridized carbons (Fsp3) is 0.0625. The number of hydrogen-bond donors (Lipinski definition) is 1. The quantitative estimate of drug-likeness (QED) is 0.834.